The highest BCUT2D eigenvalue weighted by molar-refractivity contribution is 5.95. The fourth-order valence-corrected chi connectivity index (χ4v) is 17.0. The molecule has 8 fully saturated rings. The van der Waals surface area contributed by atoms with E-state index in [0.717, 1.165) is 125 Å². The van der Waals surface area contributed by atoms with Gasteiger partial charge in [-0.15, -0.1) is 0 Å². The molecule has 80 heavy (non-hydrogen) atoms. The summed E-state index contributed by atoms with van der Waals surface area (Å²) in [5.74, 6) is 0.597. The zero-order valence-corrected chi connectivity index (χ0v) is 48.0. The molecule has 9 aliphatic heterocycles. The van der Waals surface area contributed by atoms with Crippen LogP contribution in [-0.2, 0) is 35.3 Å². The van der Waals surface area contributed by atoms with Gasteiger partial charge in [0.25, 0.3) is 0 Å². The quantitative estimate of drug-likeness (QED) is 0.256. The first-order valence-corrected chi connectivity index (χ1v) is 31.4. The predicted molar refractivity (Wildman–Crippen MR) is 311 cm³/mol. The Hall–Kier alpha value is -4.83. The number of benzene rings is 3. The van der Waals surface area contributed by atoms with Crippen LogP contribution in [0.2, 0.25) is 0 Å². The van der Waals surface area contributed by atoms with Crippen molar-refractivity contribution < 1.29 is 38.8 Å². The Morgan fingerprint density at radius 1 is 0.637 bits per heavy atom. The number of amides is 3. The van der Waals surface area contributed by atoms with Gasteiger partial charge in [0.15, 0.2) is 0 Å². The second kappa shape index (κ2) is 23.8. The Kier molecular flexibility index (Phi) is 16.6. The average molecular weight is 1100 g/mol. The molecule has 9 heterocycles. The highest BCUT2D eigenvalue weighted by Crippen LogP contribution is 2.51. The third-order valence-electron chi connectivity index (χ3n) is 21.5. The minimum atomic E-state index is -0.361. The molecule has 2 unspecified atom stereocenters. The lowest BCUT2D eigenvalue weighted by Crippen LogP contribution is -2.55. The van der Waals surface area contributed by atoms with E-state index in [0.29, 0.717) is 44.2 Å². The number of piperidine rings is 4. The number of hydrogen-bond donors (Lipinski definition) is 1. The normalized spacial score (nSPS) is 27.7. The molecule has 0 aromatic heterocycles. The molecule has 3 aromatic carbocycles. The Bertz CT molecular complexity index is 2660. The summed E-state index contributed by atoms with van der Waals surface area (Å²) in [6, 6.07) is 20.4. The van der Waals surface area contributed by atoms with Gasteiger partial charge in [0.1, 0.15) is 17.7 Å². The Balaban J connectivity index is 0.000000133. The molecule has 15 heteroatoms. The van der Waals surface area contributed by atoms with Crippen molar-refractivity contribution in [3.05, 3.63) is 89.0 Å². The zero-order chi connectivity index (χ0) is 55.0. The van der Waals surface area contributed by atoms with Crippen LogP contribution in [0.4, 0.5) is 35.4 Å². The number of hydrogen-bond acceptors (Lipinski definition) is 10. The van der Waals surface area contributed by atoms with Crippen LogP contribution in [0.15, 0.2) is 60.7 Å². The largest absolute Gasteiger partial charge is 0.450 e. The highest BCUT2D eigenvalue weighted by Gasteiger charge is 2.52. The second-order valence-electron chi connectivity index (χ2n) is 26.1. The Labute approximate surface area is 475 Å². The number of anilines is 3. The van der Waals surface area contributed by atoms with Crippen molar-refractivity contribution in [1.29, 1.82) is 0 Å². The van der Waals surface area contributed by atoms with E-state index >= 15 is 0 Å². The first-order chi connectivity index (χ1) is 38.9. The van der Waals surface area contributed by atoms with E-state index in [9.17, 15) is 23.2 Å². The molecule has 3 amide bonds. The van der Waals surface area contributed by atoms with Crippen LogP contribution in [0, 0.1) is 17.6 Å². The van der Waals surface area contributed by atoms with E-state index in [1.807, 2.05) is 16.7 Å². The van der Waals surface area contributed by atoms with E-state index in [2.05, 4.69) is 44.3 Å². The van der Waals surface area contributed by atoms with E-state index in [1.165, 1.54) is 108 Å². The van der Waals surface area contributed by atoms with Crippen LogP contribution in [-0.4, -0.2) is 153 Å². The number of nitrogens with zero attached hydrogens (tertiary/aromatic N) is 6. The third-order valence-corrected chi connectivity index (χ3v) is 21.5. The van der Waals surface area contributed by atoms with E-state index in [1.54, 1.807) is 41.7 Å². The van der Waals surface area contributed by atoms with Crippen molar-refractivity contribution in [2.24, 2.45) is 5.92 Å². The number of carbonyl (C=O) groups excluding carboxylic acids is 3. The number of ether oxygens (including phenoxy) is 3. The first-order valence-electron chi connectivity index (χ1n) is 31.4. The first kappa shape index (κ1) is 55.7. The van der Waals surface area contributed by atoms with Gasteiger partial charge in [0, 0.05) is 92.7 Å². The summed E-state index contributed by atoms with van der Waals surface area (Å²) in [4.78, 5) is 51.1. The molecule has 3 atom stereocenters. The minimum Gasteiger partial charge on any atom is -0.450 e. The fraction of sp³-hybridized carbons (Fsp3) is 0.677. The standard InChI is InChI=1S/C27H36FN3O5.C19H25FN2O.C19H28N2.H2/c1-2-35-26(33)31-19-4-5-20(31)15-21(14-19)29-10-8-27(9-11-29)17-30(24-6-3-18(28)13-23(24)27)25(32)36-22-7-12-34-16-22;1-14(23)22-13-19(17-12-15(20)6-7-18(17)22)8-10-21(11-9-19)16-4-2-3-5-16;1-2-6-16(7-3-1)14-21-12-10-19(11-13-21)15-20-18-9-5-4-8-17(18)19;/h3,6,13,19-22H,2,4-5,7-12,14-17H2,1H3;6-7,12,16H,2-5,8-11,13H2,1H3;4-5,8-9,16,20H,1-3,6-7,10-15H2;1H/t19?,20?,21?,22-;;;/m0.../s1. The lowest BCUT2D eigenvalue weighted by molar-refractivity contribution is -0.116. The summed E-state index contributed by atoms with van der Waals surface area (Å²) in [5.41, 5.74) is 6.78. The maximum atomic E-state index is 14.4. The van der Waals surface area contributed by atoms with Crippen LogP contribution in [0.5, 0.6) is 0 Å². The summed E-state index contributed by atoms with van der Waals surface area (Å²) in [6.07, 6.45) is 23.3. The molecule has 6 saturated heterocycles. The average Bonchev–Trinajstić information content (AvgIpc) is 3.79. The Morgan fingerprint density at radius 3 is 1.81 bits per heavy atom. The third kappa shape index (κ3) is 11.2. The molecule has 11 aliphatic rings. The minimum absolute atomic E-state index is 0. The topological polar surface area (TPSA) is 110 Å². The number of para-hydroxylation sites is 1. The van der Waals surface area contributed by atoms with E-state index < -0.39 is 0 Å². The van der Waals surface area contributed by atoms with Crippen LogP contribution in [0.3, 0.4) is 0 Å². The maximum Gasteiger partial charge on any atom is 0.414 e. The lowest BCUT2D eigenvalue weighted by Gasteiger charge is -2.47. The molecule has 2 saturated carbocycles. The second-order valence-corrected chi connectivity index (χ2v) is 26.1. The molecule has 3 aromatic rings. The van der Waals surface area contributed by atoms with E-state index in [-0.39, 0.29) is 60.2 Å². The van der Waals surface area contributed by atoms with Crippen molar-refractivity contribution in [3.8, 4) is 0 Å². The molecule has 2 bridgehead atoms. The van der Waals surface area contributed by atoms with Gasteiger partial charge in [0.2, 0.25) is 5.91 Å². The summed E-state index contributed by atoms with van der Waals surface area (Å²) >= 11 is 0. The van der Waals surface area contributed by atoms with Crippen LogP contribution in [0.25, 0.3) is 0 Å². The molecule has 14 rings (SSSR count). The van der Waals surface area contributed by atoms with Gasteiger partial charge in [-0.25, -0.2) is 18.4 Å². The molecule has 13 nitrogen and oxygen atoms in total. The van der Waals surface area contributed by atoms with Crippen molar-refractivity contribution in [2.75, 3.05) is 100 Å². The maximum absolute atomic E-state index is 14.4. The smallest absolute Gasteiger partial charge is 0.414 e. The van der Waals surface area contributed by atoms with Gasteiger partial charge in [-0.2, -0.15) is 0 Å². The molecule has 436 valence electrons. The number of nitrogens with one attached hydrogen (secondary N) is 1. The zero-order valence-electron chi connectivity index (χ0n) is 48.0. The summed E-state index contributed by atoms with van der Waals surface area (Å²) in [7, 11) is 0. The summed E-state index contributed by atoms with van der Waals surface area (Å²) in [5, 5.41) is 3.64. The van der Waals surface area contributed by atoms with Gasteiger partial charge in [-0.05, 0) is 201 Å². The van der Waals surface area contributed by atoms with E-state index in [4.69, 9.17) is 14.2 Å². The molecule has 0 radical (unpaired) electrons. The summed E-state index contributed by atoms with van der Waals surface area (Å²) < 4.78 is 44.6. The van der Waals surface area contributed by atoms with Crippen molar-refractivity contribution in [1.82, 2.24) is 19.6 Å². The number of rotatable bonds is 6. The monoisotopic (exact) mass is 1100 g/mol. The lowest BCUT2D eigenvalue weighted by atomic mass is 9.73. The number of halogens is 2. The number of fused-ring (bicyclic) bond motifs is 8. The van der Waals surface area contributed by atoms with Crippen molar-refractivity contribution in [2.45, 2.75) is 189 Å². The fourth-order valence-electron chi connectivity index (χ4n) is 17.0. The van der Waals surface area contributed by atoms with Crippen molar-refractivity contribution in [3.63, 3.8) is 0 Å². The number of carbonyl (C=O) groups is 3. The van der Waals surface area contributed by atoms with Gasteiger partial charge >= 0.3 is 12.2 Å². The van der Waals surface area contributed by atoms with Gasteiger partial charge in [-0.1, -0.05) is 50.3 Å². The van der Waals surface area contributed by atoms with Crippen LogP contribution >= 0.6 is 0 Å². The number of likely N-dealkylation sites (tertiary alicyclic amines) is 3. The van der Waals surface area contributed by atoms with Gasteiger partial charge in [-0.3, -0.25) is 9.69 Å². The van der Waals surface area contributed by atoms with Gasteiger partial charge < -0.3 is 44.0 Å². The molecule has 2 aliphatic carbocycles. The van der Waals surface area contributed by atoms with Gasteiger partial charge in [0.05, 0.1) is 25.5 Å². The predicted octanol–water partition coefficient (Wildman–Crippen LogP) is 11.8. The van der Waals surface area contributed by atoms with Crippen LogP contribution in [0.1, 0.15) is 160 Å². The molecular weight excluding hydrogens is 1010 g/mol. The van der Waals surface area contributed by atoms with Crippen molar-refractivity contribution >= 4 is 35.2 Å². The Morgan fingerprint density at radius 2 is 1.21 bits per heavy atom. The molecule has 1 N–H and O–H groups in total. The molecular formula is C65H91F2N7O6. The van der Waals surface area contributed by atoms with Crippen LogP contribution < -0.4 is 15.1 Å². The molecule has 3 spiro atoms. The summed E-state index contributed by atoms with van der Waals surface area (Å²) in [6.45, 7) is 15.2. The SMILES string of the molecule is CC(=O)N1CC2(CCN(C3CCCC3)CC2)c2cc(F)ccc21.CCOC(=O)N1C2CCC1CC(N1CCC3(CC1)CN(C(=O)O[C@H]1CCOC1)c1ccc(F)cc13)C2.[HH].c1ccc2c(c1)NCC21CCN(CC2CCCCC2)CC1. The highest BCUT2D eigenvalue weighted by atomic mass is 19.1.